The van der Waals surface area contributed by atoms with Gasteiger partial charge in [0.1, 0.15) is 5.54 Å². The Morgan fingerprint density at radius 2 is 2.13 bits per heavy atom. The first-order chi connectivity index (χ1) is 11.1. The van der Waals surface area contributed by atoms with E-state index in [9.17, 15) is 14.4 Å². The SMILES string of the molecule is CCCOC(=O)CCN1C(=O)N[C@]2(CCc3ccccc32)C1=O. The summed E-state index contributed by atoms with van der Waals surface area (Å²) in [5, 5.41) is 2.84. The summed E-state index contributed by atoms with van der Waals surface area (Å²) in [4.78, 5) is 37.8. The highest BCUT2D eigenvalue weighted by Crippen LogP contribution is 2.41. The van der Waals surface area contributed by atoms with Crippen molar-refractivity contribution in [1.82, 2.24) is 10.2 Å². The van der Waals surface area contributed by atoms with Gasteiger partial charge in [-0.3, -0.25) is 14.5 Å². The van der Waals surface area contributed by atoms with E-state index in [1.54, 1.807) is 0 Å². The summed E-state index contributed by atoms with van der Waals surface area (Å²) in [6.07, 6.45) is 2.09. The van der Waals surface area contributed by atoms with Crippen LogP contribution in [0.25, 0.3) is 0 Å². The van der Waals surface area contributed by atoms with E-state index in [4.69, 9.17) is 4.74 Å². The zero-order valence-corrected chi connectivity index (χ0v) is 13.1. The van der Waals surface area contributed by atoms with Crippen molar-refractivity contribution < 1.29 is 19.1 Å². The molecule has 0 unspecified atom stereocenters. The molecule has 3 amide bonds. The van der Waals surface area contributed by atoms with Gasteiger partial charge in [0.05, 0.1) is 13.0 Å². The van der Waals surface area contributed by atoms with Crippen molar-refractivity contribution in [1.29, 1.82) is 0 Å². The van der Waals surface area contributed by atoms with E-state index < -0.39 is 11.6 Å². The number of benzene rings is 1. The normalized spacial score (nSPS) is 22.4. The van der Waals surface area contributed by atoms with Crippen LogP contribution in [0, 0.1) is 0 Å². The molecule has 3 rings (SSSR count). The maximum Gasteiger partial charge on any atom is 0.325 e. The van der Waals surface area contributed by atoms with E-state index in [2.05, 4.69) is 5.32 Å². The van der Waals surface area contributed by atoms with Crippen molar-refractivity contribution in [3.63, 3.8) is 0 Å². The molecule has 6 heteroatoms. The quantitative estimate of drug-likeness (QED) is 0.663. The highest BCUT2D eigenvalue weighted by Gasteiger charge is 2.55. The van der Waals surface area contributed by atoms with E-state index >= 15 is 0 Å². The van der Waals surface area contributed by atoms with Crippen LogP contribution < -0.4 is 5.32 Å². The Bertz CT molecular complexity index is 658. The lowest BCUT2D eigenvalue weighted by Crippen LogP contribution is -2.42. The highest BCUT2D eigenvalue weighted by molar-refractivity contribution is 6.08. The Hall–Kier alpha value is -2.37. The van der Waals surface area contributed by atoms with Crippen molar-refractivity contribution in [3.05, 3.63) is 35.4 Å². The first kappa shape index (κ1) is 15.5. The minimum atomic E-state index is -0.957. The van der Waals surface area contributed by atoms with Gasteiger partial charge in [0.15, 0.2) is 0 Å². The third-order valence-corrected chi connectivity index (χ3v) is 4.43. The molecular weight excluding hydrogens is 296 g/mol. The van der Waals surface area contributed by atoms with Crippen molar-refractivity contribution in [2.24, 2.45) is 0 Å². The van der Waals surface area contributed by atoms with Crippen LogP contribution >= 0.6 is 0 Å². The van der Waals surface area contributed by atoms with Crippen molar-refractivity contribution in [2.45, 2.75) is 38.1 Å². The zero-order chi connectivity index (χ0) is 16.4. The fourth-order valence-corrected chi connectivity index (χ4v) is 3.28. The number of ether oxygens (including phenoxy) is 1. The van der Waals surface area contributed by atoms with Crippen molar-refractivity contribution in [3.8, 4) is 0 Å². The molecular formula is C17H20N2O4. The van der Waals surface area contributed by atoms with Crippen LogP contribution in [0.5, 0.6) is 0 Å². The maximum atomic E-state index is 12.8. The molecule has 23 heavy (non-hydrogen) atoms. The number of nitrogens with one attached hydrogen (secondary N) is 1. The maximum absolute atomic E-state index is 12.8. The van der Waals surface area contributed by atoms with Crippen molar-refractivity contribution >= 4 is 17.9 Å². The van der Waals surface area contributed by atoms with Crippen LogP contribution in [-0.2, 0) is 26.3 Å². The summed E-state index contributed by atoms with van der Waals surface area (Å²) in [6.45, 7) is 2.32. The molecule has 122 valence electrons. The third kappa shape index (κ3) is 2.58. The smallest absolute Gasteiger partial charge is 0.325 e. The lowest BCUT2D eigenvalue weighted by molar-refractivity contribution is -0.144. The molecule has 1 atom stereocenters. The Morgan fingerprint density at radius 1 is 1.35 bits per heavy atom. The Kier molecular flexibility index (Phi) is 4.07. The minimum Gasteiger partial charge on any atom is -0.466 e. The number of fused-ring (bicyclic) bond motifs is 2. The zero-order valence-electron chi connectivity index (χ0n) is 13.1. The molecule has 1 fully saturated rings. The molecule has 1 aliphatic heterocycles. The molecule has 6 nitrogen and oxygen atoms in total. The van der Waals surface area contributed by atoms with Gasteiger partial charge in [-0.15, -0.1) is 0 Å². The molecule has 1 saturated heterocycles. The Balaban J connectivity index is 1.73. The largest absolute Gasteiger partial charge is 0.466 e. The van der Waals surface area contributed by atoms with E-state index in [-0.39, 0.29) is 24.8 Å². The second kappa shape index (κ2) is 6.02. The summed E-state index contributed by atoms with van der Waals surface area (Å²) in [6, 6.07) is 7.24. The number of hydrogen-bond donors (Lipinski definition) is 1. The van der Waals surface area contributed by atoms with Gasteiger partial charge in [-0.05, 0) is 30.4 Å². The topological polar surface area (TPSA) is 75.7 Å². The number of hydrogen-bond acceptors (Lipinski definition) is 4. The van der Waals surface area contributed by atoms with Gasteiger partial charge in [-0.2, -0.15) is 0 Å². The second-order valence-corrected chi connectivity index (χ2v) is 5.92. The molecule has 0 saturated carbocycles. The molecule has 0 radical (unpaired) electrons. The minimum absolute atomic E-state index is 0.0247. The monoisotopic (exact) mass is 316 g/mol. The standard InChI is InChI=1S/C17H20N2O4/c1-2-11-23-14(20)8-10-19-15(21)17(18-16(19)22)9-7-12-5-3-4-6-13(12)17/h3-6H,2,7-11H2,1H3,(H,18,22)/t17-/m0/s1. The predicted molar refractivity (Wildman–Crippen MR) is 82.6 cm³/mol. The lowest BCUT2D eigenvalue weighted by atomic mass is 9.92. The first-order valence-electron chi connectivity index (χ1n) is 7.96. The molecule has 0 bridgehead atoms. The summed E-state index contributed by atoms with van der Waals surface area (Å²) >= 11 is 0. The fourth-order valence-electron chi connectivity index (χ4n) is 3.28. The van der Waals surface area contributed by atoms with Gasteiger partial charge in [-0.25, -0.2) is 4.79 Å². The number of nitrogens with zero attached hydrogens (tertiary/aromatic N) is 1. The van der Waals surface area contributed by atoms with Gasteiger partial charge >= 0.3 is 12.0 Å². The predicted octanol–water partition coefficient (Wildman–Crippen LogP) is 1.72. The van der Waals surface area contributed by atoms with Gasteiger partial charge < -0.3 is 10.1 Å². The average Bonchev–Trinajstić information content (AvgIpc) is 3.03. The summed E-state index contributed by atoms with van der Waals surface area (Å²) in [7, 11) is 0. The van der Waals surface area contributed by atoms with E-state index in [1.165, 1.54) is 0 Å². The number of imide groups is 1. The number of rotatable bonds is 5. The van der Waals surface area contributed by atoms with Gasteiger partial charge in [0, 0.05) is 6.54 Å². The summed E-state index contributed by atoms with van der Waals surface area (Å²) in [5.74, 6) is -0.657. The molecule has 1 aromatic carbocycles. The van der Waals surface area contributed by atoms with Crippen LogP contribution in [0.1, 0.15) is 37.3 Å². The van der Waals surface area contributed by atoms with E-state index in [1.807, 2.05) is 31.2 Å². The number of amides is 3. The van der Waals surface area contributed by atoms with E-state index in [0.29, 0.717) is 13.0 Å². The molecule has 1 aliphatic carbocycles. The molecule has 1 spiro atoms. The summed E-state index contributed by atoms with van der Waals surface area (Å²) < 4.78 is 4.99. The number of carbonyl (C=O) groups is 3. The van der Waals surface area contributed by atoms with Crippen LogP contribution in [0.2, 0.25) is 0 Å². The highest BCUT2D eigenvalue weighted by atomic mass is 16.5. The van der Waals surface area contributed by atoms with E-state index in [0.717, 1.165) is 28.9 Å². The van der Waals surface area contributed by atoms with Gasteiger partial charge in [-0.1, -0.05) is 31.2 Å². The van der Waals surface area contributed by atoms with Crippen LogP contribution in [-0.4, -0.2) is 36.0 Å². The van der Waals surface area contributed by atoms with Crippen molar-refractivity contribution in [2.75, 3.05) is 13.2 Å². The molecule has 2 aliphatic rings. The number of urea groups is 1. The Labute approximate surface area is 134 Å². The third-order valence-electron chi connectivity index (χ3n) is 4.43. The Morgan fingerprint density at radius 3 is 2.91 bits per heavy atom. The molecule has 1 heterocycles. The number of aryl methyl sites for hydroxylation is 1. The molecule has 0 aromatic heterocycles. The first-order valence-corrected chi connectivity index (χ1v) is 7.96. The summed E-state index contributed by atoms with van der Waals surface area (Å²) in [5.41, 5.74) is 1.00. The second-order valence-electron chi connectivity index (χ2n) is 5.92. The number of esters is 1. The van der Waals surface area contributed by atoms with Gasteiger partial charge in [0.2, 0.25) is 0 Å². The van der Waals surface area contributed by atoms with Crippen LogP contribution in [0.15, 0.2) is 24.3 Å². The molecule has 1 aromatic rings. The lowest BCUT2D eigenvalue weighted by Gasteiger charge is -2.22. The van der Waals surface area contributed by atoms with Crippen LogP contribution in [0.4, 0.5) is 4.79 Å². The fraction of sp³-hybridized carbons (Fsp3) is 0.471. The van der Waals surface area contributed by atoms with Gasteiger partial charge in [0.25, 0.3) is 5.91 Å². The average molecular weight is 316 g/mol. The number of carbonyl (C=O) groups excluding carboxylic acids is 3. The molecule has 1 N–H and O–H groups in total. The van der Waals surface area contributed by atoms with Crippen LogP contribution in [0.3, 0.4) is 0 Å².